The first kappa shape index (κ1) is 22.4. The Hall–Kier alpha value is -4.40. The normalized spacial score (nSPS) is 17.8. The van der Waals surface area contributed by atoms with Crippen LogP contribution in [0.15, 0.2) is 37.4 Å². The Balaban J connectivity index is 1.58. The summed E-state index contributed by atoms with van der Waals surface area (Å²) in [5.41, 5.74) is 7.82. The van der Waals surface area contributed by atoms with Crippen molar-refractivity contribution >= 4 is 33.8 Å². The molecule has 2 N–H and O–H groups in total. The molecule has 0 aliphatic carbocycles. The van der Waals surface area contributed by atoms with Crippen molar-refractivity contribution in [2.24, 2.45) is 7.05 Å². The number of nitrogens with two attached hydrogens (primary N) is 1. The van der Waals surface area contributed by atoms with Gasteiger partial charge < -0.3 is 15.2 Å². The molecule has 1 saturated heterocycles. The van der Waals surface area contributed by atoms with Gasteiger partial charge in [0.2, 0.25) is 5.91 Å². The van der Waals surface area contributed by atoms with Crippen LogP contribution in [0.4, 0.5) is 19.0 Å². The summed E-state index contributed by atoms with van der Waals surface area (Å²) >= 11 is 0. The fourth-order valence-electron chi connectivity index (χ4n) is 4.34. The smallest absolute Gasteiger partial charge is 0.258 e. The Morgan fingerprint density at radius 2 is 2.09 bits per heavy atom. The molecule has 5 rings (SSSR count). The van der Waals surface area contributed by atoms with Crippen molar-refractivity contribution in [2.45, 2.75) is 24.9 Å². The third-order valence-corrected chi connectivity index (χ3v) is 6.06. The summed E-state index contributed by atoms with van der Waals surface area (Å²) in [6.45, 7) is 3.38. The number of hydrogen-bond donors (Lipinski definition) is 1. The third-order valence-electron chi connectivity index (χ3n) is 6.06. The molecule has 1 unspecified atom stereocenters. The average molecular weight is 480 g/mol. The van der Waals surface area contributed by atoms with Crippen molar-refractivity contribution in [1.29, 1.82) is 0 Å². The molecule has 2 atom stereocenters. The first-order valence-electron chi connectivity index (χ1n) is 10.6. The van der Waals surface area contributed by atoms with Gasteiger partial charge in [-0.3, -0.25) is 4.79 Å². The lowest BCUT2D eigenvalue weighted by molar-refractivity contribution is -0.129. The van der Waals surface area contributed by atoms with Gasteiger partial charge in [-0.25, -0.2) is 32.8 Å². The van der Waals surface area contributed by atoms with E-state index in [9.17, 15) is 18.0 Å². The van der Waals surface area contributed by atoms with Crippen molar-refractivity contribution in [3.8, 4) is 11.8 Å². The van der Waals surface area contributed by atoms with Gasteiger partial charge in [0.1, 0.15) is 23.7 Å². The van der Waals surface area contributed by atoms with Crippen LogP contribution < -0.4 is 5.73 Å². The lowest BCUT2D eigenvalue weighted by Gasteiger charge is -2.21. The Bertz CT molecular complexity index is 1550. The zero-order valence-corrected chi connectivity index (χ0v) is 18.5. The van der Waals surface area contributed by atoms with E-state index in [-0.39, 0.29) is 35.7 Å². The summed E-state index contributed by atoms with van der Waals surface area (Å²) in [5.74, 6) is 4.54. The number of alkyl halides is 2. The summed E-state index contributed by atoms with van der Waals surface area (Å²) in [7, 11) is 1.76. The molecule has 4 aromatic rings. The number of halogens is 3. The topological polar surface area (TPSA) is 108 Å². The Morgan fingerprint density at radius 1 is 1.29 bits per heavy atom. The van der Waals surface area contributed by atoms with Gasteiger partial charge >= 0.3 is 0 Å². The van der Waals surface area contributed by atoms with Crippen LogP contribution in [0.3, 0.4) is 0 Å². The molecule has 0 radical (unpaired) electrons. The Labute approximate surface area is 197 Å². The lowest BCUT2D eigenvalue weighted by atomic mass is 10.1. The molecular formula is C23H19F3N8O. The number of nitrogen functional groups attached to an aromatic ring is 1. The first-order valence-corrected chi connectivity index (χ1v) is 10.6. The number of amides is 1. The second-order valence-electron chi connectivity index (χ2n) is 8.16. The molecule has 178 valence electrons. The van der Waals surface area contributed by atoms with Crippen LogP contribution in [0.5, 0.6) is 0 Å². The highest BCUT2D eigenvalue weighted by atomic mass is 19.3. The van der Waals surface area contributed by atoms with Crippen LogP contribution in [0.25, 0.3) is 22.1 Å². The molecule has 1 aromatic carbocycles. The lowest BCUT2D eigenvalue weighted by Crippen LogP contribution is -2.38. The van der Waals surface area contributed by atoms with Crippen molar-refractivity contribution in [3.63, 3.8) is 0 Å². The van der Waals surface area contributed by atoms with Crippen molar-refractivity contribution in [1.82, 2.24) is 34.2 Å². The van der Waals surface area contributed by atoms with E-state index in [4.69, 9.17) is 5.73 Å². The number of rotatable bonds is 3. The highest BCUT2D eigenvalue weighted by molar-refractivity contribution is 5.91. The van der Waals surface area contributed by atoms with Gasteiger partial charge in [-0.1, -0.05) is 12.5 Å². The highest BCUT2D eigenvalue weighted by Crippen LogP contribution is 2.34. The molecule has 12 heteroatoms. The van der Waals surface area contributed by atoms with Crippen LogP contribution in [0.2, 0.25) is 0 Å². The minimum atomic E-state index is -2.74. The average Bonchev–Trinajstić information content (AvgIpc) is 3.53. The predicted octanol–water partition coefficient (Wildman–Crippen LogP) is 2.43. The van der Waals surface area contributed by atoms with E-state index >= 15 is 0 Å². The molecule has 1 amide bonds. The van der Waals surface area contributed by atoms with Gasteiger partial charge in [0, 0.05) is 19.7 Å². The van der Waals surface area contributed by atoms with E-state index in [2.05, 4.69) is 38.5 Å². The quantitative estimate of drug-likeness (QED) is 0.357. The molecule has 3 aromatic heterocycles. The zero-order chi connectivity index (χ0) is 24.9. The standard InChI is InChI=1S/C23H19F3N8O/c1-3-19(35)33-9-13(7-18(33)21(25)26)34-23-20(22(27)28-10-29-23)15(31-34)5-4-12-6-16-17(8-14(12)24)32(2)11-30-16/h3,6,8,10-11,13,18,21H,1,7,9H2,2H3,(H2,27,28,29)/t13-,18?/m0/s1. The fraction of sp³-hybridized carbons (Fsp3) is 0.261. The summed E-state index contributed by atoms with van der Waals surface area (Å²) in [6.07, 6.45) is 1.02. The summed E-state index contributed by atoms with van der Waals surface area (Å²) in [4.78, 5) is 25.6. The number of carbonyl (C=O) groups excluding carboxylic acids is 1. The number of aryl methyl sites for hydroxylation is 1. The second kappa shape index (κ2) is 8.43. The maximum Gasteiger partial charge on any atom is 0.258 e. The van der Waals surface area contributed by atoms with E-state index in [0.717, 1.165) is 11.0 Å². The maximum absolute atomic E-state index is 14.7. The summed E-state index contributed by atoms with van der Waals surface area (Å²) < 4.78 is 45.1. The Morgan fingerprint density at radius 3 is 2.83 bits per heavy atom. The van der Waals surface area contributed by atoms with Gasteiger partial charge in [-0.2, -0.15) is 5.10 Å². The minimum Gasteiger partial charge on any atom is -0.383 e. The van der Waals surface area contributed by atoms with Crippen LogP contribution in [-0.4, -0.2) is 59.1 Å². The zero-order valence-electron chi connectivity index (χ0n) is 18.5. The number of aromatic nitrogens is 6. The maximum atomic E-state index is 14.7. The van der Waals surface area contributed by atoms with Gasteiger partial charge in [-0.05, 0) is 24.5 Å². The molecule has 1 fully saturated rings. The largest absolute Gasteiger partial charge is 0.383 e. The molecule has 1 aliphatic heterocycles. The first-order chi connectivity index (χ1) is 16.8. The minimum absolute atomic E-state index is 0.0155. The van der Waals surface area contributed by atoms with Crippen molar-refractivity contribution < 1.29 is 18.0 Å². The second-order valence-corrected chi connectivity index (χ2v) is 8.16. The van der Waals surface area contributed by atoms with Gasteiger partial charge in [0.25, 0.3) is 6.43 Å². The van der Waals surface area contributed by atoms with Crippen molar-refractivity contribution in [2.75, 3.05) is 12.3 Å². The van der Waals surface area contributed by atoms with Crippen LogP contribution >= 0.6 is 0 Å². The van der Waals surface area contributed by atoms with E-state index < -0.39 is 30.2 Å². The van der Waals surface area contributed by atoms with E-state index in [1.807, 2.05) is 0 Å². The summed E-state index contributed by atoms with van der Waals surface area (Å²) in [5, 5.41) is 4.79. The van der Waals surface area contributed by atoms with Crippen LogP contribution in [0, 0.1) is 17.7 Å². The van der Waals surface area contributed by atoms with E-state index in [1.165, 1.54) is 23.1 Å². The SMILES string of the molecule is C=CC(=O)N1C[C@@H](n2nc(C#Cc3cc4ncn(C)c4cc3F)c3c(N)ncnc32)CC1C(F)F. The number of nitrogens with zero attached hydrogens (tertiary/aromatic N) is 7. The molecule has 35 heavy (non-hydrogen) atoms. The monoisotopic (exact) mass is 480 g/mol. The number of fused-ring (bicyclic) bond motifs is 2. The molecule has 9 nitrogen and oxygen atoms in total. The number of likely N-dealkylation sites (tertiary alicyclic amines) is 1. The van der Waals surface area contributed by atoms with Crippen LogP contribution in [0.1, 0.15) is 23.7 Å². The number of hydrogen-bond acceptors (Lipinski definition) is 6. The molecule has 0 bridgehead atoms. The summed E-state index contributed by atoms with van der Waals surface area (Å²) in [6, 6.07) is 0.971. The molecule has 0 spiro atoms. The highest BCUT2D eigenvalue weighted by Gasteiger charge is 2.41. The molecule has 1 aliphatic rings. The third kappa shape index (κ3) is 3.74. The number of carbonyl (C=O) groups is 1. The van der Waals surface area contributed by atoms with Gasteiger partial charge in [0.15, 0.2) is 5.65 Å². The Kier molecular flexibility index (Phi) is 5.39. The molecular weight excluding hydrogens is 461 g/mol. The van der Waals surface area contributed by atoms with Gasteiger partial charge in [0.05, 0.1) is 40.4 Å². The molecule has 4 heterocycles. The van der Waals surface area contributed by atoms with Crippen molar-refractivity contribution in [3.05, 3.63) is 54.5 Å². The fourth-order valence-corrected chi connectivity index (χ4v) is 4.34. The van der Waals surface area contributed by atoms with E-state index in [1.54, 1.807) is 17.9 Å². The number of anilines is 1. The van der Waals surface area contributed by atoms with Crippen LogP contribution in [-0.2, 0) is 11.8 Å². The van der Waals surface area contributed by atoms with Gasteiger partial charge in [-0.15, -0.1) is 0 Å². The predicted molar refractivity (Wildman–Crippen MR) is 122 cm³/mol. The van der Waals surface area contributed by atoms with E-state index in [0.29, 0.717) is 16.4 Å². The molecule has 0 saturated carbocycles. The number of imidazole rings is 1. The number of benzene rings is 1.